The molecule has 11 nitrogen and oxygen atoms in total. The van der Waals surface area contributed by atoms with E-state index in [1.807, 2.05) is 0 Å². The van der Waals surface area contributed by atoms with Gasteiger partial charge in [0.2, 0.25) is 0 Å². The molecule has 10 atom stereocenters. The van der Waals surface area contributed by atoms with Crippen molar-refractivity contribution in [2.24, 2.45) is 5.73 Å². The third kappa shape index (κ3) is 3.43. The van der Waals surface area contributed by atoms with Crippen molar-refractivity contribution in [2.75, 3.05) is 13.2 Å². The molecule has 0 bridgehead atoms. The molecule has 0 radical (unpaired) electrons. The van der Waals surface area contributed by atoms with Crippen LogP contribution in [-0.2, 0) is 9.47 Å². The van der Waals surface area contributed by atoms with Crippen LogP contribution < -0.4 is 5.73 Å². The van der Waals surface area contributed by atoms with E-state index in [0.29, 0.717) is 0 Å². The van der Waals surface area contributed by atoms with Crippen LogP contribution in [0.4, 0.5) is 0 Å². The van der Waals surface area contributed by atoms with E-state index >= 15 is 0 Å². The predicted molar refractivity (Wildman–Crippen MR) is 75.5 cm³/mol. The van der Waals surface area contributed by atoms with E-state index in [0.717, 1.165) is 0 Å². The van der Waals surface area contributed by atoms with E-state index in [-0.39, 0.29) is 0 Å². The SMILES string of the molecule is NC([C@@H]1O[C@H](CO)[C@@H](O)[C@H](O)[C@H]1O)[C@@H]1O[C@H](CO)[C@@H](O)[C@H](O)[C@H]1O. The van der Waals surface area contributed by atoms with Gasteiger partial charge >= 0.3 is 0 Å². The fraction of sp³-hybridized carbons (Fsp3) is 1.00. The molecule has 24 heavy (non-hydrogen) atoms. The van der Waals surface area contributed by atoms with Crippen molar-refractivity contribution in [3.8, 4) is 0 Å². The second-order valence-corrected chi connectivity index (χ2v) is 6.16. The third-order valence-electron chi connectivity index (χ3n) is 4.62. The van der Waals surface area contributed by atoms with Gasteiger partial charge in [0.1, 0.15) is 61.0 Å². The summed E-state index contributed by atoms with van der Waals surface area (Å²) < 4.78 is 10.6. The Morgan fingerprint density at radius 3 is 1.25 bits per heavy atom. The van der Waals surface area contributed by atoms with Crippen LogP contribution in [0.1, 0.15) is 0 Å². The van der Waals surface area contributed by atoms with Crippen molar-refractivity contribution in [3.05, 3.63) is 0 Å². The van der Waals surface area contributed by atoms with Gasteiger partial charge in [0.05, 0.1) is 19.3 Å². The minimum atomic E-state index is -1.66. The first-order valence-corrected chi connectivity index (χ1v) is 7.61. The molecule has 2 aliphatic rings. The Labute approximate surface area is 137 Å². The van der Waals surface area contributed by atoms with Crippen molar-refractivity contribution in [1.82, 2.24) is 0 Å². The molecule has 0 saturated carbocycles. The zero-order chi connectivity index (χ0) is 18.2. The van der Waals surface area contributed by atoms with Crippen LogP contribution in [0.25, 0.3) is 0 Å². The number of rotatable bonds is 4. The molecule has 2 fully saturated rings. The normalized spacial score (nSPS) is 50.2. The van der Waals surface area contributed by atoms with E-state index in [1.54, 1.807) is 0 Å². The predicted octanol–water partition coefficient (Wildman–Crippen LogP) is -6.00. The van der Waals surface area contributed by atoms with Gasteiger partial charge in [-0.3, -0.25) is 0 Å². The molecule has 2 heterocycles. The van der Waals surface area contributed by atoms with Gasteiger partial charge in [-0.2, -0.15) is 0 Å². The first kappa shape index (κ1) is 19.9. The summed E-state index contributed by atoms with van der Waals surface area (Å²) in [7, 11) is 0. The van der Waals surface area contributed by atoms with Crippen LogP contribution in [0.5, 0.6) is 0 Å². The summed E-state index contributed by atoms with van der Waals surface area (Å²) in [5.74, 6) is 0. The van der Waals surface area contributed by atoms with Crippen molar-refractivity contribution in [2.45, 2.75) is 67.1 Å². The molecule has 0 aromatic rings. The molecule has 2 saturated heterocycles. The minimum Gasteiger partial charge on any atom is -0.394 e. The maximum atomic E-state index is 10.1. The van der Waals surface area contributed by atoms with Crippen molar-refractivity contribution in [1.29, 1.82) is 0 Å². The average molecular weight is 355 g/mol. The number of aliphatic hydroxyl groups is 8. The standard InChI is InChI=1S/C13H25NO10/c14-5(12-10(21)8(19)6(17)3(1-15)23-12)13-11(22)9(20)7(18)4(2-16)24-13/h3-13,15-22H,1-2,14H2/t3-,4-,6-,7-,8+,9+,10-,11-,12+,13+/m1/s1. The van der Waals surface area contributed by atoms with Crippen LogP contribution >= 0.6 is 0 Å². The second-order valence-electron chi connectivity index (χ2n) is 6.16. The maximum absolute atomic E-state index is 10.1. The Hall–Kier alpha value is -0.440. The van der Waals surface area contributed by atoms with Gasteiger partial charge in [0.25, 0.3) is 0 Å². The summed E-state index contributed by atoms with van der Waals surface area (Å²) in [6, 6.07) is -1.30. The number of aliphatic hydroxyl groups excluding tert-OH is 8. The van der Waals surface area contributed by atoms with Gasteiger partial charge < -0.3 is 56.1 Å². The smallest absolute Gasteiger partial charge is 0.111 e. The lowest BCUT2D eigenvalue weighted by atomic mass is 9.85. The summed E-state index contributed by atoms with van der Waals surface area (Å²) in [4.78, 5) is 0. The lowest BCUT2D eigenvalue weighted by Crippen LogP contribution is -2.70. The Bertz CT molecular complexity index is 374. The molecule has 2 aliphatic heterocycles. The summed E-state index contributed by atoms with van der Waals surface area (Å²) in [5, 5.41) is 77.6. The van der Waals surface area contributed by atoms with Gasteiger partial charge in [0.15, 0.2) is 0 Å². The molecule has 0 spiro atoms. The van der Waals surface area contributed by atoms with Crippen molar-refractivity contribution < 1.29 is 50.3 Å². The minimum absolute atomic E-state index is 0.650. The van der Waals surface area contributed by atoms with Crippen molar-refractivity contribution in [3.63, 3.8) is 0 Å². The molecular formula is C13H25NO10. The van der Waals surface area contributed by atoms with Crippen LogP contribution in [-0.4, -0.2) is 121 Å². The van der Waals surface area contributed by atoms with Gasteiger partial charge in [-0.1, -0.05) is 0 Å². The highest BCUT2D eigenvalue weighted by molar-refractivity contribution is 5.03. The molecule has 0 aromatic heterocycles. The zero-order valence-corrected chi connectivity index (χ0v) is 12.7. The largest absolute Gasteiger partial charge is 0.394 e. The van der Waals surface area contributed by atoms with Gasteiger partial charge in [-0.05, 0) is 0 Å². The van der Waals surface area contributed by atoms with E-state index in [2.05, 4.69) is 0 Å². The van der Waals surface area contributed by atoms with Gasteiger partial charge in [0, 0.05) is 0 Å². The Kier molecular flexibility index (Phi) is 6.50. The van der Waals surface area contributed by atoms with Crippen molar-refractivity contribution >= 4 is 0 Å². The monoisotopic (exact) mass is 355 g/mol. The lowest BCUT2D eigenvalue weighted by molar-refractivity contribution is -0.267. The van der Waals surface area contributed by atoms with Crippen LogP contribution in [0, 0.1) is 0 Å². The quantitative estimate of drug-likeness (QED) is 0.232. The molecule has 0 aromatic carbocycles. The first-order valence-electron chi connectivity index (χ1n) is 7.61. The maximum Gasteiger partial charge on any atom is 0.111 e. The summed E-state index contributed by atoms with van der Waals surface area (Å²) >= 11 is 0. The highest BCUT2D eigenvalue weighted by Crippen LogP contribution is 2.29. The summed E-state index contributed by atoms with van der Waals surface area (Å²) in [5.41, 5.74) is 5.93. The van der Waals surface area contributed by atoms with Crippen LogP contribution in [0.3, 0.4) is 0 Å². The summed E-state index contributed by atoms with van der Waals surface area (Å²) in [6.45, 7) is -1.30. The fourth-order valence-electron chi connectivity index (χ4n) is 3.08. The van der Waals surface area contributed by atoms with E-state index in [1.165, 1.54) is 0 Å². The zero-order valence-electron chi connectivity index (χ0n) is 12.7. The number of nitrogens with two attached hydrogens (primary N) is 1. The van der Waals surface area contributed by atoms with Gasteiger partial charge in [-0.25, -0.2) is 0 Å². The summed E-state index contributed by atoms with van der Waals surface area (Å²) in [6.07, 6.45) is -14.8. The molecular weight excluding hydrogens is 330 g/mol. The lowest BCUT2D eigenvalue weighted by Gasteiger charge is -2.47. The Morgan fingerprint density at radius 1 is 0.625 bits per heavy atom. The van der Waals surface area contributed by atoms with Crippen LogP contribution in [0.15, 0.2) is 0 Å². The molecule has 0 amide bonds. The van der Waals surface area contributed by atoms with E-state index in [4.69, 9.17) is 15.2 Å². The first-order chi connectivity index (χ1) is 11.2. The fourth-order valence-corrected chi connectivity index (χ4v) is 3.08. The molecule has 142 valence electrons. The van der Waals surface area contributed by atoms with Crippen LogP contribution in [0.2, 0.25) is 0 Å². The number of hydrogen-bond acceptors (Lipinski definition) is 11. The average Bonchev–Trinajstić information content (AvgIpc) is 2.58. The third-order valence-corrected chi connectivity index (χ3v) is 4.62. The topological polar surface area (TPSA) is 206 Å². The highest BCUT2D eigenvalue weighted by Gasteiger charge is 2.52. The highest BCUT2D eigenvalue weighted by atomic mass is 16.6. The molecule has 10 N–H and O–H groups in total. The Morgan fingerprint density at radius 2 is 0.958 bits per heavy atom. The number of ether oxygens (including phenoxy) is 2. The molecule has 0 aliphatic carbocycles. The molecule has 0 unspecified atom stereocenters. The van der Waals surface area contributed by atoms with E-state index < -0.39 is 80.3 Å². The Balaban J connectivity index is 2.18. The molecule has 2 rings (SSSR count). The van der Waals surface area contributed by atoms with E-state index in [9.17, 15) is 40.9 Å². The number of hydrogen-bond donors (Lipinski definition) is 9. The van der Waals surface area contributed by atoms with Gasteiger partial charge in [-0.15, -0.1) is 0 Å². The second kappa shape index (κ2) is 7.85. The molecule has 11 heteroatoms.